The molecular formula is C30H36ClN3O4. The lowest BCUT2D eigenvalue weighted by molar-refractivity contribution is -0.138. The zero-order valence-electron chi connectivity index (χ0n) is 22.2. The Hall–Kier alpha value is -2.92. The van der Waals surface area contributed by atoms with E-state index >= 15 is 0 Å². The number of fused-ring (bicyclic) bond motifs is 1. The van der Waals surface area contributed by atoms with Crippen molar-refractivity contribution in [2.75, 3.05) is 13.2 Å². The summed E-state index contributed by atoms with van der Waals surface area (Å²) in [6.45, 7) is 4.16. The third-order valence-electron chi connectivity index (χ3n) is 7.58. The summed E-state index contributed by atoms with van der Waals surface area (Å²) in [5.41, 5.74) is 4.82. The first-order valence-corrected chi connectivity index (χ1v) is 13.7. The first-order chi connectivity index (χ1) is 18.4. The number of aryl methyl sites for hydroxylation is 1. The van der Waals surface area contributed by atoms with E-state index in [4.69, 9.17) is 26.2 Å². The number of aromatic nitrogens is 2. The molecule has 0 spiro atoms. The van der Waals surface area contributed by atoms with Crippen molar-refractivity contribution in [3.8, 4) is 6.07 Å². The second-order valence-corrected chi connectivity index (χ2v) is 11.0. The predicted molar refractivity (Wildman–Crippen MR) is 147 cm³/mol. The van der Waals surface area contributed by atoms with Crippen LogP contribution in [0.15, 0.2) is 36.5 Å². The van der Waals surface area contributed by atoms with E-state index in [-0.39, 0.29) is 12.3 Å². The molecular weight excluding hydrogens is 502 g/mol. The molecule has 1 fully saturated rings. The van der Waals surface area contributed by atoms with Crippen molar-refractivity contribution in [2.45, 2.75) is 64.6 Å². The highest BCUT2D eigenvalue weighted by Crippen LogP contribution is 2.40. The van der Waals surface area contributed by atoms with Gasteiger partial charge in [-0.15, -0.1) is 0 Å². The van der Waals surface area contributed by atoms with E-state index in [2.05, 4.69) is 22.7 Å². The van der Waals surface area contributed by atoms with Gasteiger partial charge in [-0.25, -0.2) is 4.98 Å². The number of nitriles is 1. The fourth-order valence-electron chi connectivity index (χ4n) is 5.57. The number of carbonyl (C=O) groups is 1. The van der Waals surface area contributed by atoms with Crippen LogP contribution in [0.1, 0.15) is 73.8 Å². The summed E-state index contributed by atoms with van der Waals surface area (Å²) in [7, 11) is 2.05. The van der Waals surface area contributed by atoms with Crippen LogP contribution in [0.4, 0.5) is 0 Å². The maximum absolute atomic E-state index is 11.0. The van der Waals surface area contributed by atoms with Crippen molar-refractivity contribution in [1.82, 2.24) is 9.55 Å². The topological polar surface area (TPSA) is 97.4 Å². The van der Waals surface area contributed by atoms with Gasteiger partial charge >= 0.3 is 5.97 Å². The summed E-state index contributed by atoms with van der Waals surface area (Å²) in [5.74, 6) is 0.185. The fourth-order valence-corrected chi connectivity index (χ4v) is 5.78. The first-order valence-electron chi connectivity index (χ1n) is 13.3. The first kappa shape index (κ1) is 28.1. The van der Waals surface area contributed by atoms with E-state index in [0.717, 1.165) is 59.5 Å². The fraction of sp³-hybridized carbons (Fsp3) is 0.500. The molecule has 0 bridgehead atoms. The van der Waals surface area contributed by atoms with Crippen molar-refractivity contribution >= 4 is 28.6 Å². The molecule has 38 heavy (non-hydrogen) atoms. The number of hydrogen-bond donors (Lipinski definition) is 1. The average Bonchev–Trinajstić information content (AvgIpc) is 3.17. The molecule has 2 heterocycles. The summed E-state index contributed by atoms with van der Waals surface area (Å²) >= 11 is 6.08. The van der Waals surface area contributed by atoms with Crippen molar-refractivity contribution in [3.63, 3.8) is 0 Å². The lowest BCUT2D eigenvalue weighted by atomic mass is 9.80. The summed E-state index contributed by atoms with van der Waals surface area (Å²) in [6, 6.07) is 11.9. The molecule has 8 heteroatoms. The van der Waals surface area contributed by atoms with Gasteiger partial charge in [0.15, 0.2) is 0 Å². The number of pyridine rings is 1. The molecule has 7 nitrogen and oxygen atoms in total. The summed E-state index contributed by atoms with van der Waals surface area (Å²) in [4.78, 5) is 15.6. The van der Waals surface area contributed by atoms with Crippen molar-refractivity contribution in [3.05, 3.63) is 63.9 Å². The Labute approximate surface area is 229 Å². The minimum atomic E-state index is -0.783. The molecule has 0 radical (unpaired) electrons. The Morgan fingerprint density at radius 2 is 2.03 bits per heavy atom. The van der Waals surface area contributed by atoms with Gasteiger partial charge in [0.05, 0.1) is 18.8 Å². The number of benzene rings is 1. The molecule has 1 saturated carbocycles. The number of hydrogen-bond acceptors (Lipinski definition) is 5. The van der Waals surface area contributed by atoms with Crippen LogP contribution in [-0.4, -0.2) is 33.8 Å². The van der Waals surface area contributed by atoms with Crippen LogP contribution in [0, 0.1) is 23.2 Å². The molecule has 3 aromatic rings. The van der Waals surface area contributed by atoms with Gasteiger partial charge in [0.2, 0.25) is 0 Å². The molecule has 1 unspecified atom stereocenters. The third kappa shape index (κ3) is 7.13. The lowest BCUT2D eigenvalue weighted by Crippen LogP contribution is -2.20. The van der Waals surface area contributed by atoms with Crippen LogP contribution in [0.2, 0.25) is 5.02 Å². The van der Waals surface area contributed by atoms with Crippen LogP contribution in [-0.2, 0) is 34.5 Å². The number of carboxylic acid groups (broad SMARTS) is 1. The van der Waals surface area contributed by atoms with Gasteiger partial charge in [-0.3, -0.25) is 4.79 Å². The van der Waals surface area contributed by atoms with E-state index in [1.165, 1.54) is 5.69 Å². The number of ether oxygens (including phenoxy) is 2. The maximum atomic E-state index is 11.0. The zero-order valence-corrected chi connectivity index (χ0v) is 22.9. The predicted octanol–water partition coefficient (Wildman–Crippen LogP) is 6.61. The highest BCUT2D eigenvalue weighted by Gasteiger charge is 2.28. The highest BCUT2D eigenvalue weighted by atomic mass is 35.5. The Morgan fingerprint density at radius 3 is 2.74 bits per heavy atom. The minimum Gasteiger partial charge on any atom is -0.481 e. The molecule has 1 aromatic carbocycles. The molecule has 0 amide bonds. The van der Waals surface area contributed by atoms with Gasteiger partial charge in [0, 0.05) is 54.5 Å². The smallest absolute Gasteiger partial charge is 0.303 e. The molecule has 0 aliphatic heterocycles. The number of aliphatic carboxylic acids is 1. The van der Waals surface area contributed by atoms with E-state index in [9.17, 15) is 10.1 Å². The van der Waals surface area contributed by atoms with Crippen molar-refractivity contribution < 1.29 is 19.4 Å². The van der Waals surface area contributed by atoms with Crippen LogP contribution < -0.4 is 0 Å². The van der Waals surface area contributed by atoms with Gasteiger partial charge in [-0.2, -0.15) is 5.26 Å². The van der Waals surface area contributed by atoms with Crippen molar-refractivity contribution in [1.29, 1.82) is 5.26 Å². The molecule has 2 aromatic heterocycles. The molecule has 1 atom stereocenters. The number of nitrogens with zero attached hydrogens (tertiary/aromatic N) is 3. The largest absolute Gasteiger partial charge is 0.481 e. The lowest BCUT2D eigenvalue weighted by Gasteiger charge is -2.29. The monoisotopic (exact) mass is 537 g/mol. The standard InChI is InChI=1S/C30H36ClN3O4/c1-20(12-28(35)36)10-11-37-19-27-26-14-23(15-32)16-33-30(26)34(2)29(27)24-8-6-21(7-9-24)17-38-18-22-4-3-5-25(31)13-22/h3-5,13-14,16,20-21,24H,6-12,17-19H2,1-2H3,(H,35,36). The van der Waals surface area contributed by atoms with Gasteiger partial charge in [-0.1, -0.05) is 30.7 Å². The molecule has 1 aliphatic carbocycles. The molecule has 202 valence electrons. The Balaban J connectivity index is 1.41. The van der Waals surface area contributed by atoms with E-state index < -0.39 is 5.97 Å². The second-order valence-electron chi connectivity index (χ2n) is 10.5. The van der Waals surface area contributed by atoms with E-state index in [1.54, 1.807) is 6.20 Å². The van der Waals surface area contributed by atoms with Gasteiger partial charge < -0.3 is 19.1 Å². The van der Waals surface area contributed by atoms with Gasteiger partial charge in [0.1, 0.15) is 11.7 Å². The molecule has 1 aliphatic rings. The van der Waals surface area contributed by atoms with E-state index in [0.29, 0.717) is 43.6 Å². The quantitative estimate of drug-likeness (QED) is 0.261. The van der Waals surface area contributed by atoms with Crippen molar-refractivity contribution in [2.24, 2.45) is 18.9 Å². The van der Waals surface area contributed by atoms with Crippen LogP contribution in [0.3, 0.4) is 0 Å². The maximum Gasteiger partial charge on any atom is 0.303 e. The van der Waals surface area contributed by atoms with Crippen LogP contribution in [0.5, 0.6) is 0 Å². The number of halogens is 1. The number of carboxylic acids is 1. The number of rotatable bonds is 12. The van der Waals surface area contributed by atoms with Crippen LogP contribution in [0.25, 0.3) is 11.0 Å². The summed E-state index contributed by atoms with van der Waals surface area (Å²) in [6.07, 6.45) is 6.75. The normalized spacial score (nSPS) is 18.4. The molecule has 4 rings (SSSR count). The molecule has 1 N–H and O–H groups in total. The molecule has 0 saturated heterocycles. The van der Waals surface area contributed by atoms with Gasteiger partial charge in [0.25, 0.3) is 0 Å². The second kappa shape index (κ2) is 13.2. The summed E-state index contributed by atoms with van der Waals surface area (Å²) in [5, 5.41) is 20.2. The van der Waals surface area contributed by atoms with E-state index in [1.807, 2.05) is 37.3 Å². The third-order valence-corrected chi connectivity index (χ3v) is 7.81. The average molecular weight is 538 g/mol. The Bertz CT molecular complexity index is 1290. The zero-order chi connectivity index (χ0) is 27.1. The van der Waals surface area contributed by atoms with Crippen LogP contribution >= 0.6 is 11.6 Å². The van der Waals surface area contributed by atoms with Gasteiger partial charge in [-0.05, 0) is 73.6 Å². The Morgan fingerprint density at radius 1 is 1.24 bits per heavy atom. The highest BCUT2D eigenvalue weighted by molar-refractivity contribution is 6.30. The summed E-state index contributed by atoms with van der Waals surface area (Å²) < 4.78 is 14.3. The Kier molecular flexibility index (Phi) is 9.79. The SMILES string of the molecule is CC(CCOCc1c(C2CCC(COCc3cccc(Cl)c3)CC2)n(C)c2ncc(C#N)cc12)CC(=O)O. The minimum absolute atomic E-state index is 0.0581.